The number of amides is 1. The molecule has 28 heavy (non-hydrogen) atoms. The van der Waals surface area contributed by atoms with Gasteiger partial charge in [-0.15, -0.1) is 0 Å². The number of rotatable bonds is 7. The lowest BCUT2D eigenvalue weighted by Gasteiger charge is -2.37. The molecule has 4 rings (SSSR count). The van der Waals surface area contributed by atoms with Gasteiger partial charge in [0.15, 0.2) is 0 Å². The molecule has 1 aliphatic heterocycles. The molecule has 1 aromatic carbocycles. The van der Waals surface area contributed by atoms with Gasteiger partial charge in [-0.1, -0.05) is 17.3 Å². The highest BCUT2D eigenvalue weighted by Gasteiger charge is 2.43. The first-order chi connectivity index (χ1) is 13.7. The fourth-order valence-electron chi connectivity index (χ4n) is 4.61. The molecule has 1 amide bonds. The summed E-state index contributed by atoms with van der Waals surface area (Å²) in [5, 5.41) is 4.05. The van der Waals surface area contributed by atoms with Crippen molar-refractivity contribution in [3.8, 4) is 17.1 Å². The number of carbonyl (C=O) groups is 1. The quantitative estimate of drug-likeness (QED) is 0.729. The van der Waals surface area contributed by atoms with Gasteiger partial charge in [0.2, 0.25) is 17.6 Å². The lowest BCUT2D eigenvalue weighted by atomic mass is 9.94. The van der Waals surface area contributed by atoms with Gasteiger partial charge >= 0.3 is 0 Å². The average molecular weight is 385 g/mol. The van der Waals surface area contributed by atoms with E-state index < -0.39 is 0 Å². The van der Waals surface area contributed by atoms with Crippen molar-refractivity contribution in [2.45, 2.75) is 38.2 Å². The number of benzene rings is 1. The number of hydrogen-bond acceptors (Lipinski definition) is 6. The third-order valence-corrected chi connectivity index (χ3v) is 5.97. The summed E-state index contributed by atoms with van der Waals surface area (Å²) in [6.45, 7) is 1.65. The molecule has 150 valence electrons. The highest BCUT2D eigenvalue weighted by atomic mass is 16.5. The number of likely N-dealkylation sites (tertiary alicyclic amines) is 1. The van der Waals surface area contributed by atoms with E-state index in [4.69, 9.17) is 14.0 Å². The largest absolute Gasteiger partial charge is 0.496 e. The van der Waals surface area contributed by atoms with Crippen molar-refractivity contribution in [2.24, 2.45) is 11.8 Å². The average Bonchev–Trinajstić information content (AvgIpc) is 3.29. The Morgan fingerprint density at radius 3 is 2.68 bits per heavy atom. The van der Waals surface area contributed by atoms with E-state index in [1.54, 1.807) is 14.2 Å². The standard InChI is InChI=1S/C21H27N3O4/c1-26-17-7-4-3-6-16(17)21-22-18(28-23-21)8-5-9-19(25)24-12-14-10-11-15(13-24)20(14)27-2/h3-4,6-7,14-15,20H,5,8-13H2,1-2H3. The summed E-state index contributed by atoms with van der Waals surface area (Å²) >= 11 is 0. The smallest absolute Gasteiger partial charge is 0.226 e. The minimum atomic E-state index is 0.218. The number of carbonyl (C=O) groups excluding carboxylic acids is 1. The molecule has 1 saturated carbocycles. The number of hydrogen-bond donors (Lipinski definition) is 0. The number of para-hydroxylation sites is 1. The third-order valence-electron chi connectivity index (χ3n) is 5.97. The van der Waals surface area contributed by atoms with Crippen molar-refractivity contribution >= 4 is 5.91 Å². The van der Waals surface area contributed by atoms with Crippen molar-refractivity contribution in [3.05, 3.63) is 30.2 Å². The van der Waals surface area contributed by atoms with Gasteiger partial charge in [0.25, 0.3) is 0 Å². The zero-order valence-electron chi connectivity index (χ0n) is 16.5. The predicted molar refractivity (Wildman–Crippen MR) is 103 cm³/mol. The van der Waals surface area contributed by atoms with Crippen LogP contribution in [0.15, 0.2) is 28.8 Å². The minimum absolute atomic E-state index is 0.218. The molecule has 0 radical (unpaired) electrons. The Morgan fingerprint density at radius 2 is 1.96 bits per heavy atom. The Balaban J connectivity index is 1.29. The van der Waals surface area contributed by atoms with E-state index in [-0.39, 0.29) is 5.91 Å². The van der Waals surface area contributed by atoms with Crippen LogP contribution >= 0.6 is 0 Å². The van der Waals surface area contributed by atoms with Crippen molar-refractivity contribution in [1.82, 2.24) is 15.0 Å². The van der Waals surface area contributed by atoms with Crippen molar-refractivity contribution in [1.29, 1.82) is 0 Å². The Morgan fingerprint density at radius 1 is 1.21 bits per heavy atom. The SMILES string of the molecule is COc1ccccc1-c1noc(CCCC(=O)N2CC3CCC(C2)C3OC)n1. The first-order valence-electron chi connectivity index (χ1n) is 9.96. The number of methoxy groups -OCH3 is 2. The maximum Gasteiger partial charge on any atom is 0.226 e. The monoisotopic (exact) mass is 385 g/mol. The highest BCUT2D eigenvalue weighted by molar-refractivity contribution is 5.76. The molecule has 7 heteroatoms. The van der Waals surface area contributed by atoms with Gasteiger partial charge in [-0.3, -0.25) is 4.79 Å². The van der Waals surface area contributed by atoms with Crippen molar-refractivity contribution < 1.29 is 18.8 Å². The summed E-state index contributed by atoms with van der Waals surface area (Å²) in [5.41, 5.74) is 0.799. The summed E-state index contributed by atoms with van der Waals surface area (Å²) in [6, 6.07) is 7.57. The van der Waals surface area contributed by atoms with Gasteiger partial charge in [0.05, 0.1) is 18.8 Å². The number of nitrogens with zero attached hydrogens (tertiary/aromatic N) is 3. The maximum absolute atomic E-state index is 12.6. The molecule has 2 aliphatic rings. The van der Waals surface area contributed by atoms with Crippen LogP contribution in [0, 0.1) is 11.8 Å². The van der Waals surface area contributed by atoms with Crippen molar-refractivity contribution in [2.75, 3.05) is 27.3 Å². The predicted octanol–water partition coefficient (Wildman–Crippen LogP) is 2.95. The first kappa shape index (κ1) is 18.9. The second kappa shape index (κ2) is 8.31. The van der Waals surface area contributed by atoms with Crippen LogP contribution in [0.1, 0.15) is 31.6 Å². The molecule has 0 spiro atoms. The van der Waals surface area contributed by atoms with Crippen LogP contribution < -0.4 is 4.74 Å². The van der Waals surface area contributed by atoms with Crippen LogP contribution in [-0.2, 0) is 16.0 Å². The Labute approximate surface area is 165 Å². The lowest BCUT2D eigenvalue weighted by Crippen LogP contribution is -2.48. The molecule has 1 saturated heterocycles. The second-order valence-corrected chi connectivity index (χ2v) is 7.66. The van der Waals surface area contributed by atoms with E-state index >= 15 is 0 Å². The Bertz CT molecular complexity index is 807. The topological polar surface area (TPSA) is 77.7 Å². The van der Waals surface area contributed by atoms with Gasteiger partial charge in [-0.2, -0.15) is 4.98 Å². The van der Waals surface area contributed by atoms with Gasteiger partial charge in [0.1, 0.15) is 5.75 Å². The number of aryl methyl sites for hydroxylation is 1. The van der Waals surface area contributed by atoms with Crippen LogP contribution in [-0.4, -0.2) is 54.4 Å². The second-order valence-electron chi connectivity index (χ2n) is 7.66. The van der Waals surface area contributed by atoms with Crippen molar-refractivity contribution in [3.63, 3.8) is 0 Å². The molecule has 2 unspecified atom stereocenters. The molecule has 2 heterocycles. The summed E-state index contributed by atoms with van der Waals surface area (Å²) in [4.78, 5) is 19.1. The van der Waals surface area contributed by atoms with Gasteiger partial charge < -0.3 is 18.9 Å². The molecule has 7 nitrogen and oxygen atoms in total. The van der Waals surface area contributed by atoms with Crippen LogP contribution in [0.2, 0.25) is 0 Å². The maximum atomic E-state index is 12.6. The van der Waals surface area contributed by atoms with E-state index in [1.165, 1.54) is 12.8 Å². The molecule has 2 atom stereocenters. The van der Waals surface area contributed by atoms with E-state index in [1.807, 2.05) is 29.2 Å². The lowest BCUT2D eigenvalue weighted by molar-refractivity contribution is -0.136. The molecule has 1 aromatic heterocycles. The Hall–Kier alpha value is -2.41. The number of fused-ring (bicyclic) bond motifs is 2. The van der Waals surface area contributed by atoms with E-state index in [9.17, 15) is 4.79 Å². The van der Waals surface area contributed by atoms with Crippen LogP contribution in [0.4, 0.5) is 0 Å². The number of piperidine rings is 1. The third kappa shape index (κ3) is 3.76. The van der Waals surface area contributed by atoms with Crippen LogP contribution in [0.25, 0.3) is 11.4 Å². The molecule has 1 aliphatic carbocycles. The molecule has 2 fully saturated rings. The number of aromatic nitrogens is 2. The fourth-order valence-corrected chi connectivity index (χ4v) is 4.61. The summed E-state index contributed by atoms with van der Waals surface area (Å²) in [7, 11) is 3.41. The minimum Gasteiger partial charge on any atom is -0.496 e. The molecule has 0 N–H and O–H groups in total. The van der Waals surface area contributed by atoms with Gasteiger partial charge in [-0.05, 0) is 31.4 Å². The van der Waals surface area contributed by atoms with E-state index in [0.29, 0.717) is 54.7 Å². The van der Waals surface area contributed by atoms with E-state index in [2.05, 4.69) is 10.1 Å². The normalized spacial score (nSPS) is 23.8. The molecule has 2 bridgehead atoms. The summed E-state index contributed by atoms with van der Waals surface area (Å²) < 4.78 is 16.3. The Kier molecular flexibility index (Phi) is 5.62. The van der Waals surface area contributed by atoms with Gasteiger partial charge in [0, 0.05) is 44.9 Å². The molecular formula is C21H27N3O4. The fraction of sp³-hybridized carbons (Fsp3) is 0.571. The first-order valence-corrected chi connectivity index (χ1v) is 9.96. The van der Waals surface area contributed by atoms with Crippen LogP contribution in [0.3, 0.4) is 0 Å². The van der Waals surface area contributed by atoms with Gasteiger partial charge in [-0.25, -0.2) is 0 Å². The van der Waals surface area contributed by atoms with Crippen LogP contribution in [0.5, 0.6) is 5.75 Å². The van der Waals surface area contributed by atoms with E-state index in [0.717, 1.165) is 18.7 Å². The molecular weight excluding hydrogens is 358 g/mol. The number of ether oxygens (including phenoxy) is 2. The zero-order valence-corrected chi connectivity index (χ0v) is 16.5. The zero-order chi connectivity index (χ0) is 19.5. The molecule has 2 aromatic rings. The highest BCUT2D eigenvalue weighted by Crippen LogP contribution is 2.38. The summed E-state index contributed by atoms with van der Waals surface area (Å²) in [6.07, 6.45) is 4.46. The summed E-state index contributed by atoms with van der Waals surface area (Å²) in [5.74, 6) is 2.97.